The quantitative estimate of drug-likeness (QED) is 0.579. The van der Waals surface area contributed by atoms with Gasteiger partial charge in [-0.25, -0.2) is 0 Å². The molecule has 156 valence electrons. The van der Waals surface area contributed by atoms with Crippen LogP contribution in [0.15, 0.2) is 60.9 Å². The van der Waals surface area contributed by atoms with Crippen LogP contribution in [0.4, 0.5) is 5.69 Å². The zero-order valence-corrected chi connectivity index (χ0v) is 17.2. The van der Waals surface area contributed by atoms with Gasteiger partial charge >= 0.3 is 0 Å². The molecule has 0 bridgehead atoms. The van der Waals surface area contributed by atoms with Crippen molar-refractivity contribution in [2.45, 2.75) is 13.0 Å². The molecule has 0 radical (unpaired) electrons. The summed E-state index contributed by atoms with van der Waals surface area (Å²) in [4.78, 5) is 16.6. The van der Waals surface area contributed by atoms with E-state index in [0.29, 0.717) is 35.3 Å². The Labute approximate surface area is 175 Å². The number of aromatic nitrogens is 1. The van der Waals surface area contributed by atoms with Crippen molar-refractivity contribution in [3.05, 3.63) is 72.1 Å². The van der Waals surface area contributed by atoms with Gasteiger partial charge < -0.3 is 24.3 Å². The maximum atomic E-state index is 12.6. The molecule has 0 aliphatic carbocycles. The molecule has 1 heterocycles. The first-order valence-electron chi connectivity index (χ1n) is 9.33. The van der Waals surface area contributed by atoms with E-state index in [1.54, 1.807) is 64.1 Å². The van der Waals surface area contributed by atoms with Crippen LogP contribution in [0.2, 0.25) is 0 Å². The number of anilines is 1. The number of nitrogens with zero attached hydrogens (tertiary/aromatic N) is 1. The number of benzene rings is 2. The molecule has 7 heteroatoms. The van der Waals surface area contributed by atoms with Gasteiger partial charge in [0.2, 0.25) is 5.91 Å². The Morgan fingerprint density at radius 1 is 0.867 bits per heavy atom. The molecule has 30 heavy (non-hydrogen) atoms. The van der Waals surface area contributed by atoms with Crippen LogP contribution >= 0.6 is 0 Å². The van der Waals surface area contributed by atoms with Crippen LogP contribution < -0.4 is 24.3 Å². The van der Waals surface area contributed by atoms with Crippen molar-refractivity contribution in [3.63, 3.8) is 0 Å². The second kappa shape index (κ2) is 10.2. The number of carbonyl (C=O) groups excluding carboxylic acids is 1. The molecule has 3 rings (SSSR count). The summed E-state index contributed by atoms with van der Waals surface area (Å²) in [7, 11) is 4.72. The van der Waals surface area contributed by atoms with Crippen LogP contribution in [0.1, 0.15) is 11.1 Å². The molecule has 7 nitrogen and oxygen atoms in total. The van der Waals surface area contributed by atoms with Gasteiger partial charge in [0.05, 0.1) is 27.8 Å². The van der Waals surface area contributed by atoms with Crippen LogP contribution in [-0.4, -0.2) is 32.2 Å². The van der Waals surface area contributed by atoms with Gasteiger partial charge in [0.25, 0.3) is 0 Å². The minimum absolute atomic E-state index is 0.159. The first-order chi connectivity index (χ1) is 14.6. The lowest BCUT2D eigenvalue weighted by Crippen LogP contribution is -2.15. The zero-order chi connectivity index (χ0) is 21.3. The summed E-state index contributed by atoms with van der Waals surface area (Å²) in [5, 5.41) is 2.89. The summed E-state index contributed by atoms with van der Waals surface area (Å²) < 4.78 is 21.8. The fourth-order valence-corrected chi connectivity index (χ4v) is 2.88. The first kappa shape index (κ1) is 21.0. The first-order valence-corrected chi connectivity index (χ1v) is 9.33. The van der Waals surface area contributed by atoms with Gasteiger partial charge in [-0.1, -0.05) is 6.07 Å². The highest BCUT2D eigenvalue weighted by Crippen LogP contribution is 2.31. The van der Waals surface area contributed by atoms with Crippen molar-refractivity contribution in [3.8, 4) is 23.0 Å². The average molecular weight is 408 g/mol. The number of carbonyl (C=O) groups is 1. The Kier molecular flexibility index (Phi) is 7.10. The number of hydrogen-bond acceptors (Lipinski definition) is 6. The van der Waals surface area contributed by atoms with E-state index in [4.69, 9.17) is 18.9 Å². The van der Waals surface area contributed by atoms with E-state index >= 15 is 0 Å². The highest BCUT2D eigenvalue weighted by molar-refractivity contribution is 5.93. The van der Waals surface area contributed by atoms with E-state index in [1.165, 1.54) is 0 Å². The van der Waals surface area contributed by atoms with Gasteiger partial charge in [-0.15, -0.1) is 0 Å². The predicted octanol–water partition coefficient (Wildman–Crippen LogP) is 3.87. The minimum atomic E-state index is -0.177. The fourth-order valence-electron chi connectivity index (χ4n) is 2.88. The van der Waals surface area contributed by atoms with Crippen LogP contribution in [0.25, 0.3) is 0 Å². The lowest BCUT2D eigenvalue weighted by molar-refractivity contribution is -0.115. The SMILES string of the molecule is COc1ccc(CC(=O)Nc2ccc(OC)c(OCc3ccncc3)c2)c(OC)c1. The monoisotopic (exact) mass is 408 g/mol. The highest BCUT2D eigenvalue weighted by atomic mass is 16.5. The summed E-state index contributed by atoms with van der Waals surface area (Å²) in [6.45, 7) is 0.360. The highest BCUT2D eigenvalue weighted by Gasteiger charge is 2.12. The third-order valence-corrected chi connectivity index (χ3v) is 4.44. The third-order valence-electron chi connectivity index (χ3n) is 4.44. The summed E-state index contributed by atoms with van der Waals surface area (Å²) in [6.07, 6.45) is 3.58. The van der Waals surface area contributed by atoms with Crippen molar-refractivity contribution >= 4 is 11.6 Å². The number of pyridine rings is 1. The molecule has 0 aliphatic rings. The molecule has 1 aromatic heterocycles. The van der Waals surface area contributed by atoms with Crippen molar-refractivity contribution < 1.29 is 23.7 Å². The number of amides is 1. The maximum absolute atomic E-state index is 12.6. The van der Waals surface area contributed by atoms with Crippen LogP contribution in [0, 0.1) is 0 Å². The number of rotatable bonds is 9. The molecular weight excluding hydrogens is 384 g/mol. The molecule has 0 saturated heterocycles. The lowest BCUT2D eigenvalue weighted by atomic mass is 10.1. The smallest absolute Gasteiger partial charge is 0.228 e. The summed E-state index contributed by atoms with van der Waals surface area (Å²) >= 11 is 0. The van der Waals surface area contributed by atoms with Gasteiger partial charge in [0, 0.05) is 35.8 Å². The molecule has 0 fully saturated rings. The maximum Gasteiger partial charge on any atom is 0.228 e. The topological polar surface area (TPSA) is 78.9 Å². The Balaban J connectivity index is 1.69. The average Bonchev–Trinajstić information content (AvgIpc) is 2.78. The summed E-state index contributed by atoms with van der Waals surface area (Å²) in [5.74, 6) is 2.21. The molecule has 0 atom stereocenters. The molecule has 1 N–H and O–H groups in total. The molecule has 1 amide bonds. The van der Waals surface area contributed by atoms with Crippen LogP contribution in [0.3, 0.4) is 0 Å². The van der Waals surface area contributed by atoms with Gasteiger partial charge in [-0.05, 0) is 35.9 Å². The van der Waals surface area contributed by atoms with E-state index in [1.807, 2.05) is 18.2 Å². The van der Waals surface area contributed by atoms with Crippen LogP contribution in [0.5, 0.6) is 23.0 Å². The van der Waals surface area contributed by atoms with E-state index in [-0.39, 0.29) is 12.3 Å². The zero-order valence-electron chi connectivity index (χ0n) is 17.2. The van der Waals surface area contributed by atoms with Crippen molar-refractivity contribution in [1.29, 1.82) is 0 Å². The van der Waals surface area contributed by atoms with Gasteiger partial charge in [-0.2, -0.15) is 0 Å². The van der Waals surface area contributed by atoms with E-state index in [2.05, 4.69) is 10.3 Å². The standard InChI is InChI=1S/C23H24N2O5/c1-27-19-6-4-17(21(14-19)29-3)12-23(26)25-18-5-7-20(28-2)22(13-18)30-15-16-8-10-24-11-9-16/h4-11,13-14H,12,15H2,1-3H3,(H,25,26). The Morgan fingerprint density at radius 3 is 2.33 bits per heavy atom. The number of hydrogen-bond donors (Lipinski definition) is 1. The number of ether oxygens (including phenoxy) is 4. The Hall–Kier alpha value is -3.74. The summed E-state index contributed by atoms with van der Waals surface area (Å²) in [6, 6.07) is 14.4. The van der Waals surface area contributed by atoms with Gasteiger partial charge in [0.15, 0.2) is 11.5 Å². The lowest BCUT2D eigenvalue weighted by Gasteiger charge is -2.14. The number of nitrogens with one attached hydrogen (secondary N) is 1. The fraction of sp³-hybridized carbons (Fsp3) is 0.217. The molecule has 0 aliphatic heterocycles. The molecular formula is C23H24N2O5. The Bertz CT molecular complexity index is 992. The second-order valence-corrected chi connectivity index (χ2v) is 6.41. The van der Waals surface area contributed by atoms with Crippen LogP contribution in [-0.2, 0) is 17.8 Å². The normalized spacial score (nSPS) is 10.2. The van der Waals surface area contributed by atoms with E-state index in [9.17, 15) is 4.79 Å². The second-order valence-electron chi connectivity index (χ2n) is 6.41. The molecule has 0 unspecified atom stereocenters. The van der Waals surface area contributed by atoms with Gasteiger partial charge in [-0.3, -0.25) is 9.78 Å². The van der Waals surface area contributed by atoms with E-state index < -0.39 is 0 Å². The molecule has 3 aromatic rings. The van der Waals surface area contributed by atoms with E-state index in [0.717, 1.165) is 11.1 Å². The molecule has 0 spiro atoms. The van der Waals surface area contributed by atoms with Crippen molar-refractivity contribution in [1.82, 2.24) is 4.98 Å². The van der Waals surface area contributed by atoms with Crippen molar-refractivity contribution in [2.75, 3.05) is 26.6 Å². The summed E-state index contributed by atoms with van der Waals surface area (Å²) in [5.41, 5.74) is 2.35. The number of methoxy groups -OCH3 is 3. The largest absolute Gasteiger partial charge is 0.497 e. The molecule has 2 aromatic carbocycles. The molecule has 0 saturated carbocycles. The van der Waals surface area contributed by atoms with Crippen molar-refractivity contribution in [2.24, 2.45) is 0 Å². The Morgan fingerprint density at radius 2 is 1.63 bits per heavy atom. The third kappa shape index (κ3) is 5.41. The predicted molar refractivity (Wildman–Crippen MR) is 113 cm³/mol. The minimum Gasteiger partial charge on any atom is -0.497 e. The van der Waals surface area contributed by atoms with Gasteiger partial charge in [0.1, 0.15) is 18.1 Å².